The number of carbonyl (C=O) groups is 1. The van der Waals surface area contributed by atoms with Gasteiger partial charge in [0.1, 0.15) is 0 Å². The molecule has 20 heavy (non-hydrogen) atoms. The summed E-state index contributed by atoms with van der Waals surface area (Å²) in [6.45, 7) is 3.84. The molecule has 5 heteroatoms. The average molecular weight is 297 g/mol. The Labute approximate surface area is 124 Å². The Balaban J connectivity index is 2.12. The smallest absolute Gasteiger partial charge is 0.227 e. The van der Waals surface area contributed by atoms with Gasteiger partial charge in [0.15, 0.2) is 5.75 Å². The van der Waals surface area contributed by atoms with Crippen molar-refractivity contribution in [3.63, 3.8) is 0 Å². The maximum Gasteiger partial charge on any atom is 0.227 e. The Kier molecular flexibility index (Phi) is 4.89. The van der Waals surface area contributed by atoms with Crippen molar-refractivity contribution in [3.8, 4) is 5.75 Å². The number of nitrogens with two attached hydrogens (primary N) is 1. The number of para-hydroxylation sites is 1. The van der Waals surface area contributed by atoms with Gasteiger partial charge < -0.3 is 15.8 Å². The van der Waals surface area contributed by atoms with Gasteiger partial charge in [-0.3, -0.25) is 4.79 Å². The first kappa shape index (κ1) is 15.1. The van der Waals surface area contributed by atoms with Crippen molar-refractivity contribution in [1.29, 1.82) is 0 Å². The highest BCUT2D eigenvalue weighted by Crippen LogP contribution is 2.35. The third kappa shape index (κ3) is 3.64. The number of hydrogen-bond acceptors (Lipinski definition) is 3. The maximum absolute atomic E-state index is 12.2. The molecule has 0 aromatic heterocycles. The van der Waals surface area contributed by atoms with Gasteiger partial charge >= 0.3 is 0 Å². The zero-order valence-electron chi connectivity index (χ0n) is 11.9. The largest absolute Gasteiger partial charge is 0.487 e. The fraction of sp³-hybridized carbons (Fsp3) is 0.533. The second-order valence-electron chi connectivity index (χ2n) is 5.54. The van der Waals surface area contributed by atoms with E-state index in [4.69, 9.17) is 22.1 Å². The van der Waals surface area contributed by atoms with Crippen LogP contribution >= 0.6 is 11.6 Å². The average Bonchev–Trinajstić information content (AvgIpc) is 2.80. The van der Waals surface area contributed by atoms with Gasteiger partial charge in [0.25, 0.3) is 0 Å². The van der Waals surface area contributed by atoms with Crippen molar-refractivity contribution in [2.75, 3.05) is 5.32 Å². The lowest BCUT2D eigenvalue weighted by Gasteiger charge is -2.17. The summed E-state index contributed by atoms with van der Waals surface area (Å²) in [5.74, 6) is 0.504. The Morgan fingerprint density at radius 2 is 2.20 bits per heavy atom. The first-order valence-corrected chi connectivity index (χ1v) is 7.36. The summed E-state index contributed by atoms with van der Waals surface area (Å²) < 4.78 is 5.69. The van der Waals surface area contributed by atoms with Crippen LogP contribution in [0, 0.1) is 5.92 Å². The van der Waals surface area contributed by atoms with Crippen LogP contribution in [0.5, 0.6) is 5.75 Å². The topological polar surface area (TPSA) is 64.3 Å². The van der Waals surface area contributed by atoms with Gasteiger partial charge in [0, 0.05) is 12.0 Å². The second kappa shape index (κ2) is 6.46. The van der Waals surface area contributed by atoms with Crippen LogP contribution in [0.15, 0.2) is 18.2 Å². The monoisotopic (exact) mass is 296 g/mol. The zero-order chi connectivity index (χ0) is 14.7. The van der Waals surface area contributed by atoms with Crippen LogP contribution in [-0.2, 0) is 4.79 Å². The zero-order valence-corrected chi connectivity index (χ0v) is 12.6. The second-order valence-corrected chi connectivity index (χ2v) is 5.95. The van der Waals surface area contributed by atoms with E-state index in [2.05, 4.69) is 5.32 Å². The number of ether oxygens (including phenoxy) is 1. The normalized spacial score (nSPS) is 22.1. The lowest BCUT2D eigenvalue weighted by molar-refractivity contribution is -0.119. The van der Waals surface area contributed by atoms with E-state index in [0.717, 1.165) is 19.3 Å². The molecule has 0 heterocycles. The molecule has 1 aliphatic rings. The van der Waals surface area contributed by atoms with Crippen LogP contribution in [0.2, 0.25) is 5.02 Å². The molecule has 1 aliphatic carbocycles. The Morgan fingerprint density at radius 3 is 2.80 bits per heavy atom. The van der Waals surface area contributed by atoms with E-state index in [9.17, 15) is 4.79 Å². The third-order valence-corrected chi connectivity index (χ3v) is 3.72. The molecule has 0 spiro atoms. The maximum atomic E-state index is 12.2. The molecular formula is C15H21ClN2O2. The van der Waals surface area contributed by atoms with Crippen molar-refractivity contribution in [2.24, 2.45) is 11.7 Å². The third-order valence-electron chi connectivity index (χ3n) is 3.42. The van der Waals surface area contributed by atoms with Crippen LogP contribution in [0.25, 0.3) is 0 Å². The van der Waals surface area contributed by atoms with Gasteiger partial charge in [-0.05, 0) is 45.2 Å². The van der Waals surface area contributed by atoms with Gasteiger partial charge in [0.2, 0.25) is 5.91 Å². The van der Waals surface area contributed by atoms with E-state index in [1.807, 2.05) is 13.8 Å². The molecule has 110 valence electrons. The van der Waals surface area contributed by atoms with Crippen molar-refractivity contribution in [1.82, 2.24) is 0 Å². The number of halogens is 1. The SMILES string of the molecule is CC(C)Oc1c(Cl)cccc1NC(=O)C1CCC(N)C1. The van der Waals surface area contributed by atoms with E-state index in [-0.39, 0.29) is 24.0 Å². The molecule has 0 aliphatic heterocycles. The van der Waals surface area contributed by atoms with Crippen LogP contribution in [0.3, 0.4) is 0 Å². The molecule has 4 nitrogen and oxygen atoms in total. The molecule has 0 bridgehead atoms. The minimum Gasteiger partial charge on any atom is -0.487 e. The minimum atomic E-state index is -0.0177. The molecule has 1 saturated carbocycles. The Hall–Kier alpha value is -1.26. The van der Waals surface area contributed by atoms with E-state index in [0.29, 0.717) is 16.5 Å². The van der Waals surface area contributed by atoms with Crippen LogP contribution in [0.4, 0.5) is 5.69 Å². The molecule has 1 fully saturated rings. The molecule has 0 radical (unpaired) electrons. The fourth-order valence-corrected chi connectivity index (χ4v) is 2.67. The molecule has 1 aromatic rings. The van der Waals surface area contributed by atoms with Crippen LogP contribution in [-0.4, -0.2) is 18.1 Å². The first-order chi connectivity index (χ1) is 9.47. The highest BCUT2D eigenvalue weighted by molar-refractivity contribution is 6.32. The van der Waals surface area contributed by atoms with Gasteiger partial charge in [-0.2, -0.15) is 0 Å². The highest BCUT2D eigenvalue weighted by Gasteiger charge is 2.28. The van der Waals surface area contributed by atoms with Crippen LogP contribution < -0.4 is 15.8 Å². The number of hydrogen-bond donors (Lipinski definition) is 2. The standard InChI is InChI=1S/C15H21ClN2O2/c1-9(2)20-14-12(16)4-3-5-13(14)18-15(19)10-6-7-11(17)8-10/h3-5,9-11H,6-8,17H2,1-2H3,(H,18,19). The predicted octanol–water partition coefficient (Wildman–Crippen LogP) is 3.19. The first-order valence-electron chi connectivity index (χ1n) is 6.99. The molecule has 3 N–H and O–H groups in total. The van der Waals surface area contributed by atoms with Crippen molar-refractivity contribution in [3.05, 3.63) is 23.2 Å². The lowest BCUT2D eigenvalue weighted by Crippen LogP contribution is -2.23. The highest BCUT2D eigenvalue weighted by atomic mass is 35.5. The molecule has 1 aromatic carbocycles. The summed E-state index contributed by atoms with van der Waals surface area (Å²) >= 11 is 6.14. The summed E-state index contributed by atoms with van der Waals surface area (Å²) in [6, 6.07) is 5.49. The fourth-order valence-electron chi connectivity index (χ4n) is 2.45. The quantitative estimate of drug-likeness (QED) is 0.897. The number of rotatable bonds is 4. The molecule has 0 saturated heterocycles. The summed E-state index contributed by atoms with van der Waals surface area (Å²) in [5.41, 5.74) is 6.47. The molecule has 1 amide bonds. The number of nitrogens with one attached hydrogen (secondary N) is 1. The van der Waals surface area contributed by atoms with Crippen molar-refractivity contribution in [2.45, 2.75) is 45.3 Å². The van der Waals surface area contributed by atoms with Gasteiger partial charge in [0.05, 0.1) is 16.8 Å². The molecule has 2 rings (SSSR count). The molecule has 2 atom stereocenters. The summed E-state index contributed by atoms with van der Waals surface area (Å²) in [6.07, 6.45) is 2.48. The van der Waals surface area contributed by atoms with Gasteiger partial charge in [-0.25, -0.2) is 0 Å². The van der Waals surface area contributed by atoms with E-state index < -0.39 is 0 Å². The number of benzene rings is 1. The molecular weight excluding hydrogens is 276 g/mol. The van der Waals surface area contributed by atoms with E-state index >= 15 is 0 Å². The molecule has 2 unspecified atom stereocenters. The van der Waals surface area contributed by atoms with E-state index in [1.54, 1.807) is 18.2 Å². The van der Waals surface area contributed by atoms with Crippen molar-refractivity contribution < 1.29 is 9.53 Å². The lowest BCUT2D eigenvalue weighted by atomic mass is 10.1. The predicted molar refractivity (Wildman–Crippen MR) is 81.2 cm³/mol. The van der Waals surface area contributed by atoms with Crippen LogP contribution in [0.1, 0.15) is 33.1 Å². The number of carbonyl (C=O) groups excluding carboxylic acids is 1. The summed E-state index contributed by atoms with van der Waals surface area (Å²) in [7, 11) is 0. The summed E-state index contributed by atoms with van der Waals surface area (Å²) in [5, 5.41) is 3.41. The van der Waals surface area contributed by atoms with Gasteiger partial charge in [-0.15, -0.1) is 0 Å². The van der Waals surface area contributed by atoms with Crippen molar-refractivity contribution >= 4 is 23.2 Å². The minimum absolute atomic E-state index is 0.00572. The van der Waals surface area contributed by atoms with Gasteiger partial charge in [-0.1, -0.05) is 17.7 Å². The number of anilines is 1. The number of amides is 1. The Bertz CT molecular complexity index is 491. The summed E-state index contributed by atoms with van der Waals surface area (Å²) in [4.78, 5) is 12.2. The Morgan fingerprint density at radius 1 is 1.45 bits per heavy atom. The van der Waals surface area contributed by atoms with E-state index in [1.165, 1.54) is 0 Å².